The van der Waals surface area contributed by atoms with Crippen molar-refractivity contribution in [3.05, 3.63) is 133 Å². The van der Waals surface area contributed by atoms with Gasteiger partial charge in [0.1, 0.15) is 24.0 Å². The lowest BCUT2D eigenvalue weighted by molar-refractivity contribution is 0.250. The van der Waals surface area contributed by atoms with Crippen molar-refractivity contribution in [1.82, 2.24) is 9.55 Å². The number of para-hydroxylation sites is 3. The van der Waals surface area contributed by atoms with Gasteiger partial charge < -0.3 is 42.0 Å². The molecule has 17 heteroatoms. The molecular weight excluding hydrogens is 906 g/mol. The average molecular weight is 974 g/mol. The van der Waals surface area contributed by atoms with Crippen LogP contribution in [0.1, 0.15) is 109 Å². The van der Waals surface area contributed by atoms with Crippen molar-refractivity contribution < 1.29 is 32.2 Å². The van der Waals surface area contributed by atoms with E-state index >= 15 is 0 Å². The summed E-state index contributed by atoms with van der Waals surface area (Å²) in [7, 11) is -3.91. The van der Waals surface area contributed by atoms with E-state index in [0.29, 0.717) is 12.4 Å². The van der Waals surface area contributed by atoms with Crippen molar-refractivity contribution in [3.63, 3.8) is 0 Å². The molecule has 0 atom stereocenters. The number of nitrogens with zero attached hydrogens (tertiary/aromatic N) is 4. The quantitative estimate of drug-likeness (QED) is 0.144. The van der Waals surface area contributed by atoms with E-state index in [2.05, 4.69) is 209 Å². The number of rotatable bonds is 7. The minimum absolute atomic E-state index is 0.285. The van der Waals surface area contributed by atoms with Gasteiger partial charge in [-0.05, 0) is 86.8 Å². The molecule has 7 aromatic rings. The Morgan fingerprint density at radius 2 is 0.973 bits per heavy atom. The van der Waals surface area contributed by atoms with Gasteiger partial charge in [0.25, 0.3) is 0 Å². The van der Waals surface area contributed by atoms with Crippen LogP contribution >= 0.6 is 0 Å². The number of hydrogen-bond acceptors (Lipinski definition) is 10. The monoisotopic (exact) mass is 975 g/mol. The fraction of sp³-hybridized carbons (Fsp3) is 0.375. The molecule has 0 saturated carbocycles. The second-order valence-electron chi connectivity index (χ2n) is 25.3. The van der Waals surface area contributed by atoms with Gasteiger partial charge in [0.15, 0.2) is 0 Å². The fourth-order valence-electron chi connectivity index (χ4n) is 9.80. The first kappa shape index (κ1) is 51.1. The minimum atomic E-state index is -0.818. The van der Waals surface area contributed by atoms with Crippen molar-refractivity contribution in [1.29, 1.82) is 0 Å². The Morgan fingerprint density at radius 1 is 0.466 bits per heavy atom. The first-order chi connectivity index (χ1) is 34.3. The number of ether oxygens (including phenoxy) is 1. The van der Waals surface area contributed by atoms with Crippen LogP contribution in [0.5, 0.6) is 11.5 Å². The zero-order valence-corrected chi connectivity index (χ0v) is 45.4. The molecule has 2 fully saturated rings. The highest BCUT2D eigenvalue weighted by atomic mass is 16.7. The summed E-state index contributed by atoms with van der Waals surface area (Å²) in [6.07, 6.45) is 1.83. The van der Waals surface area contributed by atoms with Crippen LogP contribution in [0.3, 0.4) is 0 Å². The molecule has 0 spiro atoms. The maximum absolute atomic E-state index is 7.06. The smallest absolute Gasteiger partial charge is 0.457 e. The summed E-state index contributed by atoms with van der Waals surface area (Å²) >= 11 is 0. The molecule has 0 N–H and O–H groups in total. The normalized spacial score (nSPS) is 16.4. The van der Waals surface area contributed by atoms with Gasteiger partial charge in [-0.3, -0.25) is 4.57 Å². The average Bonchev–Trinajstić information content (AvgIpc) is 3.88. The maximum Gasteiger partial charge on any atom is 0.468 e. The van der Waals surface area contributed by atoms with Gasteiger partial charge in [-0.1, -0.05) is 158 Å². The Bertz CT molecular complexity index is 3050. The summed E-state index contributed by atoms with van der Waals surface area (Å²) in [6, 6.07) is 42.1. The highest BCUT2D eigenvalue weighted by Gasteiger charge is 2.55. The first-order valence-corrected chi connectivity index (χ1v) is 25.8. The lowest BCUT2D eigenvalue weighted by atomic mass is 9.49. The fourth-order valence-corrected chi connectivity index (χ4v) is 9.80. The van der Waals surface area contributed by atoms with E-state index in [4.69, 9.17) is 37.2 Å². The zero-order valence-electron chi connectivity index (χ0n) is 45.4. The Kier molecular flexibility index (Phi) is 13.1. The third-order valence-corrected chi connectivity index (χ3v) is 13.8. The Morgan fingerprint density at radius 3 is 1.51 bits per heavy atom. The highest BCUT2D eigenvalue weighted by molar-refractivity contribution is 6.84. The number of fused-ring (bicyclic) bond motifs is 4. The molecule has 0 amide bonds. The first-order valence-electron chi connectivity index (χ1n) is 25.8. The molecule has 3 aliphatic rings. The molecule has 5 heterocycles. The van der Waals surface area contributed by atoms with Crippen LogP contribution in [0, 0.1) is 0 Å². The van der Waals surface area contributed by atoms with Gasteiger partial charge in [-0.25, -0.2) is 4.98 Å². The maximum atomic E-state index is 7.06. The van der Waals surface area contributed by atoms with Crippen molar-refractivity contribution in [2.24, 2.45) is 0 Å². The predicted octanol–water partition coefficient (Wildman–Crippen LogP) is 13.2. The highest BCUT2D eigenvalue weighted by Crippen LogP contribution is 2.47. The Hall–Kier alpha value is -5.40. The van der Waals surface area contributed by atoms with Gasteiger partial charge in [0, 0.05) is 51.4 Å². The molecular formula is C56H68B6N4O7. The van der Waals surface area contributed by atoms with E-state index in [9.17, 15) is 0 Å². The van der Waals surface area contributed by atoms with E-state index < -0.39 is 42.7 Å². The third kappa shape index (κ3) is 10.1. The van der Waals surface area contributed by atoms with Crippen molar-refractivity contribution in [2.75, 3.05) is 16.5 Å². The van der Waals surface area contributed by atoms with Crippen LogP contribution < -0.4 is 25.5 Å². The van der Waals surface area contributed by atoms with Gasteiger partial charge >= 0.3 is 42.7 Å². The van der Waals surface area contributed by atoms with Gasteiger partial charge in [0.05, 0.1) is 22.4 Å². The van der Waals surface area contributed by atoms with Crippen LogP contribution in [0.25, 0.3) is 27.6 Å². The summed E-state index contributed by atoms with van der Waals surface area (Å²) in [5.41, 5.74) is 8.50. The van der Waals surface area contributed by atoms with Crippen LogP contribution in [0.15, 0.2) is 128 Å². The molecule has 0 bridgehead atoms. The second-order valence-corrected chi connectivity index (χ2v) is 25.3. The Labute approximate surface area is 435 Å². The second kappa shape index (κ2) is 18.8. The third-order valence-electron chi connectivity index (χ3n) is 13.8. The summed E-state index contributed by atoms with van der Waals surface area (Å²) in [6.45, 7) is 32.9. The van der Waals surface area contributed by atoms with Crippen LogP contribution in [0.2, 0.25) is 21.3 Å². The molecule has 10 rings (SSSR count). The molecule has 11 nitrogen and oxygen atoms in total. The lowest BCUT2D eigenvalue weighted by Gasteiger charge is -2.43. The SMILES string of the molecule is CC(C)(C)B1OB(c2cc(C(C)(C)C)cc(B3OB(C(C)(C)C)OB(C(C)(C)C)O3)c2N2CN(c3cccc(Oc4ccc5c6ccccc6n(-c6ccccn6)c5c4)c3)c3ccccc32)OB(C(C)(C)C)O1. The number of anilines is 4. The number of hydrogen-bond donors (Lipinski definition) is 0. The molecule has 2 aromatic heterocycles. The van der Waals surface area contributed by atoms with Crippen LogP contribution in [-0.2, 0) is 32.8 Å². The zero-order chi connectivity index (χ0) is 52.0. The van der Waals surface area contributed by atoms with E-state index in [1.54, 1.807) is 0 Å². The number of benzene rings is 5. The molecule has 73 heavy (non-hydrogen) atoms. The van der Waals surface area contributed by atoms with Crippen LogP contribution in [-0.4, -0.2) is 58.9 Å². The van der Waals surface area contributed by atoms with E-state index in [1.807, 2.05) is 36.5 Å². The summed E-state index contributed by atoms with van der Waals surface area (Å²) in [4.78, 5) is 9.44. The molecule has 0 unspecified atom stereocenters. The molecule has 2 saturated heterocycles. The summed E-state index contributed by atoms with van der Waals surface area (Å²) < 4.78 is 50.6. The lowest BCUT2D eigenvalue weighted by Crippen LogP contribution is -2.62. The standard InChI is InChI=1S/C56H68B6N4O7/c1-52(2,3)38-33-44(57-68-59(53(4,5)6)72-60(69-57)54(7,8)9)51(45(34-38)58-70-61(55(10,11)12)73-62(71-58)56(13,14)15)65-37-64(47-27-18-19-28-48(47)65)39-23-22-24-40(35-39)67-41-30-31-43-42-25-16-17-26-46(42)66(49(43)36-41)50-29-20-21-32-63-50/h16-36H,37H2,1-15H3. The van der Waals surface area contributed by atoms with Crippen molar-refractivity contribution in [3.8, 4) is 17.3 Å². The minimum Gasteiger partial charge on any atom is -0.457 e. The molecule has 5 aromatic carbocycles. The summed E-state index contributed by atoms with van der Waals surface area (Å²) in [5, 5.41) is 0.827. The number of aromatic nitrogens is 2. The predicted molar refractivity (Wildman–Crippen MR) is 305 cm³/mol. The van der Waals surface area contributed by atoms with Gasteiger partial charge in [-0.2, -0.15) is 0 Å². The van der Waals surface area contributed by atoms with Crippen LogP contribution in [0.4, 0.5) is 22.7 Å². The molecule has 3 aliphatic heterocycles. The molecule has 0 aliphatic carbocycles. The van der Waals surface area contributed by atoms with E-state index in [1.165, 1.54) is 0 Å². The van der Waals surface area contributed by atoms with Gasteiger partial charge in [-0.15, -0.1) is 0 Å². The van der Waals surface area contributed by atoms with Crippen molar-refractivity contribution in [2.45, 2.75) is 131 Å². The van der Waals surface area contributed by atoms with E-state index in [0.717, 1.165) is 72.6 Å². The topological polar surface area (TPSA) is 88.9 Å². The number of pyridine rings is 1. The van der Waals surface area contributed by atoms with Gasteiger partial charge in [0.2, 0.25) is 0 Å². The molecule has 372 valence electrons. The van der Waals surface area contributed by atoms with E-state index in [-0.39, 0.29) is 26.7 Å². The Balaban J connectivity index is 1.10. The summed E-state index contributed by atoms with van der Waals surface area (Å²) in [5.74, 6) is 2.28. The molecule has 0 radical (unpaired) electrons. The van der Waals surface area contributed by atoms with Crippen molar-refractivity contribution >= 4 is 98.2 Å². The largest absolute Gasteiger partial charge is 0.468 e.